The van der Waals surface area contributed by atoms with E-state index in [1.54, 1.807) is 7.11 Å². The summed E-state index contributed by atoms with van der Waals surface area (Å²) in [5.41, 5.74) is 5.61. The average Bonchev–Trinajstić information content (AvgIpc) is 3.51. The second kappa shape index (κ2) is 6.43. The van der Waals surface area contributed by atoms with Crippen LogP contribution in [0.4, 0.5) is 0 Å². The molecule has 3 aliphatic heterocycles. The molecule has 3 aliphatic rings. The molecule has 3 N–H and O–H groups in total. The monoisotopic (exact) mass is 467 g/mol. The number of benzene rings is 3. The molecular weight excluding hydrogens is 440 g/mol. The first-order valence-corrected chi connectivity index (χ1v) is 12.4. The molecule has 1 amide bonds. The molecule has 0 saturated carbocycles. The third-order valence-corrected chi connectivity index (χ3v) is 8.70. The number of nitrogens with one attached hydrogen (secondary N) is 1. The van der Waals surface area contributed by atoms with E-state index in [1.807, 2.05) is 0 Å². The lowest BCUT2D eigenvalue weighted by molar-refractivity contribution is -0.683. The van der Waals surface area contributed by atoms with E-state index in [0.29, 0.717) is 6.54 Å². The molecule has 1 saturated heterocycles. The van der Waals surface area contributed by atoms with Gasteiger partial charge in [-0.3, -0.25) is 4.79 Å². The zero-order valence-corrected chi connectivity index (χ0v) is 20.0. The minimum absolute atomic E-state index is 0.00974. The Bertz CT molecular complexity index is 1750. The fourth-order valence-electron chi connectivity index (χ4n) is 7.43. The molecule has 0 unspecified atom stereocenters. The van der Waals surface area contributed by atoms with Crippen LogP contribution in [0.25, 0.3) is 43.6 Å². The lowest BCUT2D eigenvalue weighted by Gasteiger charge is -2.46. The fraction of sp³-hybridized carbons (Fsp3) is 0.321. The van der Waals surface area contributed by atoms with Crippen LogP contribution in [-0.4, -0.2) is 41.3 Å². The summed E-state index contributed by atoms with van der Waals surface area (Å²) < 4.78 is 18.0. The summed E-state index contributed by atoms with van der Waals surface area (Å²) in [5.74, 6) is 0.00974. The first-order chi connectivity index (χ1) is 17.1. The summed E-state index contributed by atoms with van der Waals surface area (Å²) in [4.78, 5) is 13.3. The summed E-state index contributed by atoms with van der Waals surface area (Å²) in [6.45, 7) is 2.71. The van der Waals surface area contributed by atoms with Crippen molar-refractivity contribution in [2.75, 3.05) is 14.2 Å². The van der Waals surface area contributed by atoms with Crippen molar-refractivity contribution in [2.24, 2.45) is 0 Å². The molecule has 0 aliphatic carbocycles. The number of fused-ring (bicyclic) bond motifs is 13. The van der Waals surface area contributed by atoms with Gasteiger partial charge in [-0.25, -0.2) is 0 Å². The van der Waals surface area contributed by atoms with E-state index >= 15 is 0 Å². The Kier molecular flexibility index (Phi) is 3.65. The number of carbonyl (C=O) groups is 1. The molecule has 5 aromatic rings. The van der Waals surface area contributed by atoms with Crippen LogP contribution in [0.1, 0.15) is 35.5 Å². The van der Waals surface area contributed by atoms with Gasteiger partial charge in [0.15, 0.2) is 11.8 Å². The number of nitrogens with two attached hydrogens (primary N) is 1. The molecular formula is C28H27N4O3+. The molecule has 7 nitrogen and oxygen atoms in total. The van der Waals surface area contributed by atoms with Gasteiger partial charge in [0.05, 0.1) is 34.7 Å². The van der Waals surface area contributed by atoms with Crippen molar-refractivity contribution in [3.05, 3.63) is 59.7 Å². The van der Waals surface area contributed by atoms with Crippen LogP contribution >= 0.6 is 0 Å². The molecule has 176 valence electrons. The minimum atomic E-state index is -0.729. The van der Waals surface area contributed by atoms with Gasteiger partial charge in [-0.05, 0) is 24.6 Å². The van der Waals surface area contributed by atoms with Crippen molar-refractivity contribution in [1.82, 2.24) is 14.5 Å². The smallest absolute Gasteiger partial charge is 0.252 e. The number of amides is 1. The van der Waals surface area contributed by atoms with Crippen LogP contribution in [0.2, 0.25) is 0 Å². The van der Waals surface area contributed by atoms with Crippen LogP contribution in [0.3, 0.4) is 0 Å². The van der Waals surface area contributed by atoms with Gasteiger partial charge >= 0.3 is 0 Å². The van der Waals surface area contributed by atoms with E-state index < -0.39 is 5.72 Å². The van der Waals surface area contributed by atoms with E-state index in [4.69, 9.17) is 9.47 Å². The summed E-state index contributed by atoms with van der Waals surface area (Å²) in [7, 11) is 3.91. The Labute approximate surface area is 201 Å². The van der Waals surface area contributed by atoms with E-state index in [-0.39, 0.29) is 24.3 Å². The molecule has 8 rings (SSSR count). The highest BCUT2D eigenvalue weighted by Crippen LogP contribution is 2.53. The van der Waals surface area contributed by atoms with E-state index in [2.05, 4.69) is 82.3 Å². The molecule has 35 heavy (non-hydrogen) atoms. The maximum absolute atomic E-state index is 13.3. The zero-order valence-electron chi connectivity index (χ0n) is 20.0. The Morgan fingerprint density at radius 2 is 1.77 bits per heavy atom. The Morgan fingerprint density at radius 1 is 1.06 bits per heavy atom. The van der Waals surface area contributed by atoms with Gasteiger partial charge in [-0.1, -0.05) is 36.4 Å². The molecule has 2 bridgehead atoms. The lowest BCUT2D eigenvalue weighted by atomic mass is 9.93. The number of carbonyl (C=O) groups excluding carboxylic acids is 1. The number of hydrogen-bond donors (Lipinski definition) is 2. The van der Waals surface area contributed by atoms with Gasteiger partial charge in [-0.2, -0.15) is 0 Å². The number of hydrogen-bond acceptors (Lipinski definition) is 3. The molecule has 4 atom stereocenters. The number of ether oxygens (including phenoxy) is 2. The van der Waals surface area contributed by atoms with Crippen LogP contribution in [0, 0.1) is 0 Å². The number of likely N-dealkylation sites (N-methyl/N-ethyl adjacent to an activating group) is 1. The third kappa shape index (κ3) is 2.12. The molecule has 3 aromatic carbocycles. The summed E-state index contributed by atoms with van der Waals surface area (Å²) in [6.07, 6.45) is 0.479. The molecule has 2 aromatic heterocycles. The lowest BCUT2D eigenvalue weighted by Crippen LogP contribution is -2.91. The molecule has 7 heteroatoms. The second-order valence-electron chi connectivity index (χ2n) is 10.2. The molecule has 0 spiro atoms. The van der Waals surface area contributed by atoms with E-state index in [1.165, 1.54) is 0 Å². The molecule has 1 fully saturated rings. The van der Waals surface area contributed by atoms with Crippen molar-refractivity contribution in [2.45, 2.75) is 44.0 Å². The molecule has 0 radical (unpaired) electrons. The number of quaternary nitrogens is 1. The predicted molar refractivity (Wildman–Crippen MR) is 134 cm³/mol. The quantitative estimate of drug-likeness (QED) is 0.418. The van der Waals surface area contributed by atoms with Crippen molar-refractivity contribution in [3.8, 4) is 0 Å². The van der Waals surface area contributed by atoms with Gasteiger partial charge in [0.1, 0.15) is 12.3 Å². The predicted octanol–water partition coefficient (Wildman–Crippen LogP) is 3.33. The SMILES string of the molecule is C[NH2+][C@H]1C[C@H]2O[C@@](C)([C@@H]1OC)n1c3ccccc3c3c4c(c5c6ccccc6n2c5c31)C(=O)NC4. The van der Waals surface area contributed by atoms with Crippen LogP contribution < -0.4 is 10.6 Å². The first kappa shape index (κ1) is 19.9. The van der Waals surface area contributed by atoms with Crippen molar-refractivity contribution in [1.29, 1.82) is 0 Å². The van der Waals surface area contributed by atoms with Gasteiger partial charge in [0, 0.05) is 41.6 Å². The number of rotatable bonds is 2. The minimum Gasteiger partial charge on any atom is -0.370 e. The Hall–Kier alpha value is -3.39. The summed E-state index contributed by atoms with van der Waals surface area (Å²) >= 11 is 0. The van der Waals surface area contributed by atoms with Crippen molar-refractivity contribution >= 4 is 49.5 Å². The Morgan fingerprint density at radius 3 is 2.51 bits per heavy atom. The Balaban J connectivity index is 1.72. The van der Waals surface area contributed by atoms with E-state index in [9.17, 15) is 4.79 Å². The highest BCUT2D eigenvalue weighted by molar-refractivity contribution is 6.31. The summed E-state index contributed by atoms with van der Waals surface area (Å²) in [6, 6.07) is 17.2. The molecule has 5 heterocycles. The van der Waals surface area contributed by atoms with Crippen molar-refractivity contribution in [3.63, 3.8) is 0 Å². The first-order valence-electron chi connectivity index (χ1n) is 12.4. The average molecular weight is 468 g/mol. The largest absolute Gasteiger partial charge is 0.370 e. The zero-order chi connectivity index (χ0) is 23.6. The maximum atomic E-state index is 13.3. The number of methoxy groups -OCH3 is 1. The van der Waals surface area contributed by atoms with Gasteiger partial charge < -0.3 is 29.2 Å². The fourth-order valence-corrected chi connectivity index (χ4v) is 7.43. The standard InChI is InChI=1S/C28H26N4O3/c1-28-26(34-3)17(29-2)12-20(35-28)31-18-10-6-4-8-14(18)22-23-16(13-30-27(23)33)21-15-9-5-7-11-19(15)32(28)25(21)24(22)31/h4-11,17,20,26,29H,12-13H2,1-3H3,(H,30,33)/p+1/t17-,20+,26+,28-/m0/s1. The highest BCUT2D eigenvalue weighted by Gasteiger charge is 2.54. The number of nitrogens with zero attached hydrogens (tertiary/aromatic N) is 2. The van der Waals surface area contributed by atoms with Crippen LogP contribution in [0.5, 0.6) is 0 Å². The van der Waals surface area contributed by atoms with Gasteiger partial charge in [-0.15, -0.1) is 0 Å². The number of aromatic nitrogens is 2. The topological polar surface area (TPSA) is 74.0 Å². The maximum Gasteiger partial charge on any atom is 0.252 e. The summed E-state index contributed by atoms with van der Waals surface area (Å²) in [5, 5.41) is 9.83. The third-order valence-electron chi connectivity index (χ3n) is 8.70. The highest BCUT2D eigenvalue weighted by atomic mass is 16.6. The van der Waals surface area contributed by atoms with Crippen LogP contribution in [-0.2, 0) is 21.7 Å². The van der Waals surface area contributed by atoms with Crippen LogP contribution in [0.15, 0.2) is 48.5 Å². The van der Waals surface area contributed by atoms with Crippen molar-refractivity contribution < 1.29 is 19.6 Å². The van der Waals surface area contributed by atoms with Gasteiger partial charge in [0.25, 0.3) is 5.91 Å². The van der Waals surface area contributed by atoms with Gasteiger partial charge in [0.2, 0.25) is 0 Å². The second-order valence-corrected chi connectivity index (χ2v) is 10.2. The number of para-hydroxylation sites is 2. The van der Waals surface area contributed by atoms with E-state index in [0.717, 1.165) is 61.2 Å². The normalized spacial score (nSPS) is 27.3.